The van der Waals surface area contributed by atoms with E-state index in [9.17, 15) is 4.79 Å². The molecule has 2 unspecified atom stereocenters. The Hall–Kier alpha value is -1.03. The monoisotopic (exact) mass is 353 g/mol. The minimum absolute atomic E-state index is 0.0768. The Morgan fingerprint density at radius 1 is 1.38 bits per heavy atom. The van der Waals surface area contributed by atoms with E-state index >= 15 is 0 Å². The van der Waals surface area contributed by atoms with E-state index < -0.39 is 0 Å². The smallest absolute Gasteiger partial charge is 0.223 e. The summed E-state index contributed by atoms with van der Waals surface area (Å²) in [7, 11) is 0. The zero-order valence-corrected chi connectivity index (χ0v) is 14.2. The van der Waals surface area contributed by atoms with Crippen LogP contribution < -0.4 is 10.1 Å². The molecule has 2 rings (SSSR count). The van der Waals surface area contributed by atoms with Crippen molar-refractivity contribution in [3.05, 3.63) is 29.8 Å². The van der Waals surface area contributed by atoms with Crippen LogP contribution in [0.4, 0.5) is 0 Å². The number of ether oxygens (including phenoxy) is 1. The minimum atomic E-state index is 0.0768. The molecular formula is C17H24BrNO2. The third kappa shape index (κ3) is 5.70. The summed E-state index contributed by atoms with van der Waals surface area (Å²) in [6, 6.07) is 7.89. The first-order valence-corrected chi connectivity index (χ1v) is 8.67. The van der Waals surface area contributed by atoms with Gasteiger partial charge in [-0.15, -0.1) is 0 Å². The zero-order chi connectivity index (χ0) is 15.1. The summed E-state index contributed by atoms with van der Waals surface area (Å²) >= 11 is 3.72. The average Bonchev–Trinajstić information content (AvgIpc) is 2.46. The summed E-state index contributed by atoms with van der Waals surface area (Å²) in [6.45, 7) is 3.23. The van der Waals surface area contributed by atoms with E-state index in [1.54, 1.807) is 0 Å². The van der Waals surface area contributed by atoms with Gasteiger partial charge in [-0.05, 0) is 43.4 Å². The van der Waals surface area contributed by atoms with Crippen molar-refractivity contribution in [2.24, 2.45) is 5.92 Å². The molecule has 0 radical (unpaired) electrons. The number of carbonyl (C=O) groups excluding carboxylic acids is 1. The Balaban J connectivity index is 1.63. The number of halogens is 1. The molecule has 2 atom stereocenters. The third-order valence-corrected chi connectivity index (χ3v) is 5.17. The molecule has 3 nitrogen and oxygen atoms in total. The summed E-state index contributed by atoms with van der Waals surface area (Å²) in [5.74, 6) is 1.48. The average molecular weight is 354 g/mol. The number of alkyl halides is 1. The van der Waals surface area contributed by atoms with Gasteiger partial charge >= 0.3 is 0 Å². The second kappa shape index (κ2) is 8.42. The highest BCUT2D eigenvalue weighted by Gasteiger charge is 2.22. The maximum absolute atomic E-state index is 11.8. The molecule has 1 fully saturated rings. The van der Waals surface area contributed by atoms with Gasteiger partial charge in [0.1, 0.15) is 5.75 Å². The van der Waals surface area contributed by atoms with Gasteiger partial charge in [0.25, 0.3) is 0 Å². The van der Waals surface area contributed by atoms with Crippen LogP contribution in [-0.4, -0.2) is 23.9 Å². The van der Waals surface area contributed by atoms with Crippen LogP contribution in [0.25, 0.3) is 0 Å². The lowest BCUT2D eigenvalue weighted by Crippen LogP contribution is -2.35. The van der Waals surface area contributed by atoms with Gasteiger partial charge in [-0.1, -0.05) is 40.9 Å². The topological polar surface area (TPSA) is 38.3 Å². The molecule has 0 saturated heterocycles. The molecule has 4 heteroatoms. The van der Waals surface area contributed by atoms with Gasteiger partial charge in [0.05, 0.1) is 13.0 Å². The van der Waals surface area contributed by atoms with E-state index in [4.69, 9.17) is 4.74 Å². The molecule has 0 aromatic heterocycles. The largest absolute Gasteiger partial charge is 0.493 e. The van der Waals surface area contributed by atoms with E-state index in [0.717, 1.165) is 17.9 Å². The lowest BCUT2D eigenvalue weighted by atomic mass is 9.89. The number of amides is 1. The number of carbonyl (C=O) groups is 1. The van der Waals surface area contributed by atoms with Crippen LogP contribution in [-0.2, 0) is 4.79 Å². The number of hydrogen-bond acceptors (Lipinski definition) is 2. The quantitative estimate of drug-likeness (QED) is 0.789. The molecule has 116 valence electrons. The van der Waals surface area contributed by atoms with Crippen LogP contribution in [0, 0.1) is 12.8 Å². The van der Waals surface area contributed by atoms with Crippen molar-refractivity contribution in [2.45, 2.75) is 43.9 Å². The molecular weight excluding hydrogens is 330 g/mol. The van der Waals surface area contributed by atoms with E-state index in [0.29, 0.717) is 23.8 Å². The molecule has 1 aromatic carbocycles. The molecule has 1 amide bonds. The van der Waals surface area contributed by atoms with Gasteiger partial charge in [0, 0.05) is 11.4 Å². The first-order valence-electron chi connectivity index (χ1n) is 7.75. The van der Waals surface area contributed by atoms with Crippen LogP contribution in [0.15, 0.2) is 24.3 Å². The predicted molar refractivity (Wildman–Crippen MR) is 89.0 cm³/mol. The first-order chi connectivity index (χ1) is 10.1. The molecule has 0 aliphatic heterocycles. The molecule has 0 spiro atoms. The van der Waals surface area contributed by atoms with Crippen molar-refractivity contribution in [1.82, 2.24) is 5.32 Å². The van der Waals surface area contributed by atoms with Gasteiger partial charge in [-0.2, -0.15) is 0 Å². The molecule has 1 aliphatic carbocycles. The minimum Gasteiger partial charge on any atom is -0.493 e. The van der Waals surface area contributed by atoms with Gasteiger partial charge in [0.15, 0.2) is 0 Å². The highest BCUT2D eigenvalue weighted by atomic mass is 79.9. The summed E-state index contributed by atoms with van der Waals surface area (Å²) in [4.78, 5) is 12.4. The summed E-state index contributed by atoms with van der Waals surface area (Å²) < 4.78 is 5.60. The normalized spacial score (nSPS) is 21.8. The standard InChI is InChI=1S/C17H24BrNO2/c1-13-5-4-7-15(11-13)21-10-9-17(20)19-12-14-6-2-3-8-16(14)18/h4-5,7,11,14,16H,2-3,6,8-10,12H2,1H3,(H,19,20). The van der Waals surface area contributed by atoms with Crippen LogP contribution in [0.5, 0.6) is 5.75 Å². The second-order valence-electron chi connectivity index (χ2n) is 5.78. The van der Waals surface area contributed by atoms with Crippen LogP contribution >= 0.6 is 15.9 Å². The number of benzene rings is 1. The Kier molecular flexibility index (Phi) is 6.55. The van der Waals surface area contributed by atoms with E-state index in [1.165, 1.54) is 25.7 Å². The molecule has 0 heterocycles. The lowest BCUT2D eigenvalue weighted by molar-refractivity contribution is -0.121. The van der Waals surface area contributed by atoms with Crippen molar-refractivity contribution >= 4 is 21.8 Å². The molecule has 21 heavy (non-hydrogen) atoms. The van der Waals surface area contributed by atoms with Gasteiger partial charge in [0.2, 0.25) is 5.91 Å². The second-order valence-corrected chi connectivity index (χ2v) is 6.96. The van der Waals surface area contributed by atoms with Crippen molar-refractivity contribution in [2.75, 3.05) is 13.2 Å². The van der Waals surface area contributed by atoms with Gasteiger partial charge in [-0.3, -0.25) is 4.79 Å². The number of hydrogen-bond donors (Lipinski definition) is 1. The molecule has 1 saturated carbocycles. The number of rotatable bonds is 6. The van der Waals surface area contributed by atoms with Crippen molar-refractivity contribution < 1.29 is 9.53 Å². The summed E-state index contributed by atoms with van der Waals surface area (Å²) in [5.41, 5.74) is 1.16. The fourth-order valence-corrected chi connectivity index (χ4v) is 3.47. The highest BCUT2D eigenvalue weighted by Crippen LogP contribution is 2.29. The maximum Gasteiger partial charge on any atom is 0.223 e. The van der Waals surface area contributed by atoms with Crippen LogP contribution in [0.2, 0.25) is 0 Å². The predicted octanol–water partition coefficient (Wildman–Crippen LogP) is 3.83. The Morgan fingerprint density at radius 3 is 2.95 bits per heavy atom. The van der Waals surface area contributed by atoms with Crippen molar-refractivity contribution in [3.63, 3.8) is 0 Å². The highest BCUT2D eigenvalue weighted by molar-refractivity contribution is 9.09. The lowest BCUT2D eigenvalue weighted by Gasteiger charge is -2.27. The maximum atomic E-state index is 11.8. The Labute approximate surface area is 135 Å². The van der Waals surface area contributed by atoms with Gasteiger partial charge < -0.3 is 10.1 Å². The Bertz CT molecular complexity index is 464. The Morgan fingerprint density at radius 2 is 2.19 bits per heavy atom. The van der Waals surface area contributed by atoms with Crippen molar-refractivity contribution in [3.8, 4) is 5.75 Å². The van der Waals surface area contributed by atoms with Crippen molar-refractivity contribution in [1.29, 1.82) is 0 Å². The number of aryl methyl sites for hydroxylation is 1. The molecule has 1 aliphatic rings. The SMILES string of the molecule is Cc1cccc(OCCC(=O)NCC2CCCCC2Br)c1. The molecule has 1 aromatic rings. The van der Waals surface area contributed by atoms with Crippen LogP contribution in [0.1, 0.15) is 37.7 Å². The van der Waals surface area contributed by atoms with E-state index in [2.05, 4.69) is 21.2 Å². The fraction of sp³-hybridized carbons (Fsp3) is 0.588. The fourth-order valence-electron chi connectivity index (χ4n) is 2.69. The third-order valence-electron chi connectivity index (χ3n) is 3.97. The van der Waals surface area contributed by atoms with E-state index in [1.807, 2.05) is 31.2 Å². The van der Waals surface area contributed by atoms with E-state index in [-0.39, 0.29) is 5.91 Å². The van der Waals surface area contributed by atoms with Crippen LogP contribution in [0.3, 0.4) is 0 Å². The first kappa shape index (κ1) is 16.3. The zero-order valence-electron chi connectivity index (χ0n) is 12.6. The van der Waals surface area contributed by atoms with Gasteiger partial charge in [-0.25, -0.2) is 0 Å². The number of nitrogens with one attached hydrogen (secondary N) is 1. The summed E-state index contributed by atoms with van der Waals surface area (Å²) in [5, 5.41) is 3.03. The summed E-state index contributed by atoms with van der Waals surface area (Å²) in [6.07, 6.45) is 5.41. The molecule has 0 bridgehead atoms. The molecule has 1 N–H and O–H groups in total.